The Morgan fingerprint density at radius 1 is 1.12 bits per heavy atom. The summed E-state index contributed by atoms with van der Waals surface area (Å²) in [5.74, 6) is -1.07. The summed E-state index contributed by atoms with van der Waals surface area (Å²) in [4.78, 5) is 19.4. The van der Waals surface area contributed by atoms with Crippen molar-refractivity contribution in [2.24, 2.45) is 5.73 Å². The summed E-state index contributed by atoms with van der Waals surface area (Å²) < 4.78 is 16.1. The van der Waals surface area contributed by atoms with Gasteiger partial charge in [-0.15, -0.1) is 0 Å². The molecule has 1 amide bonds. The number of amides is 1. The van der Waals surface area contributed by atoms with Crippen LogP contribution in [-0.2, 0) is 0 Å². The van der Waals surface area contributed by atoms with Crippen LogP contribution in [0.15, 0.2) is 61.1 Å². The van der Waals surface area contributed by atoms with Gasteiger partial charge in [-0.3, -0.25) is 9.36 Å². The first-order chi connectivity index (χ1) is 12.5. The van der Waals surface area contributed by atoms with Crippen molar-refractivity contribution in [3.63, 3.8) is 0 Å². The van der Waals surface area contributed by atoms with Crippen LogP contribution in [0.5, 0.6) is 0 Å². The van der Waals surface area contributed by atoms with Crippen molar-refractivity contribution in [3.8, 4) is 16.8 Å². The molecule has 0 aliphatic rings. The standard InChI is InChI=1S/C19H12ClFN4O/c20-18-17(21)14(6-7-23-18)11-2-1-3-13(8-11)25-10-24-15-9-12(19(22)26)4-5-16(15)25/h1-10H,(H2,22,26). The quantitative estimate of drug-likeness (QED) is 0.557. The van der Waals surface area contributed by atoms with Gasteiger partial charge in [-0.2, -0.15) is 0 Å². The van der Waals surface area contributed by atoms with Crippen LogP contribution in [0.4, 0.5) is 4.39 Å². The lowest BCUT2D eigenvalue weighted by Crippen LogP contribution is -2.10. The molecular weight excluding hydrogens is 355 g/mol. The van der Waals surface area contributed by atoms with Gasteiger partial charge in [0.25, 0.3) is 0 Å². The molecule has 0 saturated carbocycles. The maximum Gasteiger partial charge on any atom is 0.248 e. The molecule has 4 rings (SSSR count). The monoisotopic (exact) mass is 366 g/mol. The molecule has 0 atom stereocenters. The van der Waals surface area contributed by atoms with Gasteiger partial charge in [0.1, 0.15) is 6.33 Å². The molecular formula is C19H12ClFN4O. The number of hydrogen-bond donors (Lipinski definition) is 1. The average molecular weight is 367 g/mol. The first-order valence-corrected chi connectivity index (χ1v) is 8.10. The van der Waals surface area contributed by atoms with Crippen LogP contribution >= 0.6 is 11.6 Å². The molecule has 7 heteroatoms. The number of carbonyl (C=O) groups excluding carboxylic acids is 1. The van der Waals surface area contributed by atoms with E-state index in [0.29, 0.717) is 22.2 Å². The van der Waals surface area contributed by atoms with E-state index in [4.69, 9.17) is 17.3 Å². The number of hydrogen-bond acceptors (Lipinski definition) is 3. The summed E-state index contributed by atoms with van der Waals surface area (Å²) in [6.07, 6.45) is 3.11. The summed E-state index contributed by atoms with van der Waals surface area (Å²) in [5, 5.41) is -0.167. The summed E-state index contributed by atoms with van der Waals surface area (Å²) in [6, 6.07) is 14.0. The lowest BCUT2D eigenvalue weighted by molar-refractivity contribution is 0.100. The second-order valence-electron chi connectivity index (χ2n) is 5.70. The van der Waals surface area contributed by atoms with Crippen LogP contribution in [0.2, 0.25) is 5.15 Å². The predicted molar refractivity (Wildman–Crippen MR) is 97.8 cm³/mol. The Morgan fingerprint density at radius 3 is 2.77 bits per heavy atom. The van der Waals surface area contributed by atoms with E-state index in [-0.39, 0.29) is 5.15 Å². The number of fused-ring (bicyclic) bond motifs is 1. The van der Waals surface area contributed by atoms with E-state index in [1.165, 1.54) is 6.20 Å². The van der Waals surface area contributed by atoms with Crippen LogP contribution in [0, 0.1) is 5.82 Å². The zero-order chi connectivity index (χ0) is 18.3. The van der Waals surface area contributed by atoms with E-state index in [1.807, 2.05) is 22.8 Å². The molecule has 2 aromatic carbocycles. The lowest BCUT2D eigenvalue weighted by Gasteiger charge is -2.09. The van der Waals surface area contributed by atoms with E-state index in [9.17, 15) is 9.18 Å². The number of primary amides is 1. The molecule has 0 radical (unpaired) electrons. The normalized spacial score (nSPS) is 11.0. The van der Waals surface area contributed by atoms with Gasteiger partial charge in [-0.25, -0.2) is 14.4 Å². The number of halogens is 2. The van der Waals surface area contributed by atoms with Gasteiger partial charge < -0.3 is 5.73 Å². The van der Waals surface area contributed by atoms with Gasteiger partial charge in [0.15, 0.2) is 11.0 Å². The van der Waals surface area contributed by atoms with Crippen LogP contribution < -0.4 is 5.73 Å². The molecule has 2 N–H and O–H groups in total. The summed E-state index contributed by atoms with van der Waals surface area (Å²) in [7, 11) is 0. The Kier molecular flexibility index (Phi) is 3.89. The molecule has 0 unspecified atom stereocenters. The van der Waals surface area contributed by atoms with Crippen LogP contribution in [0.25, 0.3) is 27.8 Å². The molecule has 26 heavy (non-hydrogen) atoms. The van der Waals surface area contributed by atoms with E-state index in [1.54, 1.807) is 36.7 Å². The van der Waals surface area contributed by atoms with E-state index in [0.717, 1.165) is 11.2 Å². The third-order valence-electron chi connectivity index (χ3n) is 4.11. The van der Waals surface area contributed by atoms with Crippen molar-refractivity contribution in [3.05, 3.63) is 77.6 Å². The lowest BCUT2D eigenvalue weighted by atomic mass is 10.1. The fourth-order valence-electron chi connectivity index (χ4n) is 2.84. The maximum atomic E-state index is 14.3. The number of aromatic nitrogens is 3. The van der Waals surface area contributed by atoms with Gasteiger partial charge >= 0.3 is 0 Å². The number of carbonyl (C=O) groups is 1. The fourth-order valence-corrected chi connectivity index (χ4v) is 2.99. The van der Waals surface area contributed by atoms with Gasteiger partial charge in [0, 0.05) is 23.0 Å². The predicted octanol–water partition coefficient (Wildman–Crippen LogP) is 3.98. The summed E-state index contributed by atoms with van der Waals surface area (Å²) in [5.41, 5.74) is 8.98. The van der Waals surface area contributed by atoms with Crippen molar-refractivity contribution >= 4 is 28.5 Å². The minimum absolute atomic E-state index is 0.167. The number of benzene rings is 2. The first-order valence-electron chi connectivity index (χ1n) is 7.72. The molecule has 0 bridgehead atoms. The summed E-state index contributed by atoms with van der Waals surface area (Å²) in [6.45, 7) is 0. The minimum atomic E-state index is -0.562. The average Bonchev–Trinajstić information content (AvgIpc) is 3.07. The molecule has 4 aromatic rings. The van der Waals surface area contributed by atoms with Gasteiger partial charge in [-0.05, 0) is 42.0 Å². The highest BCUT2D eigenvalue weighted by molar-refractivity contribution is 6.29. The molecule has 0 saturated heterocycles. The Bertz CT molecular complexity index is 1160. The van der Waals surface area contributed by atoms with Gasteiger partial charge in [0.2, 0.25) is 5.91 Å². The molecule has 0 spiro atoms. The highest BCUT2D eigenvalue weighted by Gasteiger charge is 2.12. The number of nitrogens with zero attached hydrogens (tertiary/aromatic N) is 3. The van der Waals surface area contributed by atoms with E-state index in [2.05, 4.69) is 9.97 Å². The zero-order valence-corrected chi connectivity index (χ0v) is 14.1. The van der Waals surface area contributed by atoms with E-state index < -0.39 is 11.7 Å². The highest BCUT2D eigenvalue weighted by atomic mass is 35.5. The third kappa shape index (κ3) is 2.70. The Balaban J connectivity index is 1.83. The first kappa shape index (κ1) is 16.2. The fraction of sp³-hybridized carbons (Fsp3) is 0. The Labute approximate surface area is 152 Å². The maximum absolute atomic E-state index is 14.3. The molecule has 0 aliphatic heterocycles. The van der Waals surface area contributed by atoms with Crippen molar-refractivity contribution < 1.29 is 9.18 Å². The topological polar surface area (TPSA) is 73.8 Å². The van der Waals surface area contributed by atoms with Crippen LogP contribution in [-0.4, -0.2) is 20.4 Å². The third-order valence-corrected chi connectivity index (χ3v) is 4.38. The Hall–Kier alpha value is -3.25. The van der Waals surface area contributed by atoms with Gasteiger partial charge in [-0.1, -0.05) is 23.7 Å². The number of nitrogens with two attached hydrogens (primary N) is 1. The second kappa shape index (κ2) is 6.24. The SMILES string of the molecule is NC(=O)c1ccc2c(c1)ncn2-c1cccc(-c2ccnc(Cl)c2F)c1. The molecule has 128 valence electrons. The zero-order valence-electron chi connectivity index (χ0n) is 13.4. The Morgan fingerprint density at radius 2 is 1.96 bits per heavy atom. The molecule has 2 aromatic heterocycles. The van der Waals surface area contributed by atoms with Crippen molar-refractivity contribution in [2.45, 2.75) is 0 Å². The molecule has 2 heterocycles. The highest BCUT2D eigenvalue weighted by Crippen LogP contribution is 2.28. The van der Waals surface area contributed by atoms with Crippen LogP contribution in [0.1, 0.15) is 10.4 Å². The van der Waals surface area contributed by atoms with Crippen LogP contribution in [0.3, 0.4) is 0 Å². The number of rotatable bonds is 3. The number of imidazole rings is 1. The largest absolute Gasteiger partial charge is 0.366 e. The minimum Gasteiger partial charge on any atom is -0.366 e. The summed E-state index contributed by atoms with van der Waals surface area (Å²) >= 11 is 5.78. The molecule has 0 fully saturated rings. The molecule has 5 nitrogen and oxygen atoms in total. The van der Waals surface area contributed by atoms with Gasteiger partial charge in [0.05, 0.1) is 11.0 Å². The van der Waals surface area contributed by atoms with Crippen molar-refractivity contribution in [1.82, 2.24) is 14.5 Å². The number of pyridine rings is 1. The van der Waals surface area contributed by atoms with Crippen molar-refractivity contribution in [1.29, 1.82) is 0 Å². The van der Waals surface area contributed by atoms with Crippen molar-refractivity contribution in [2.75, 3.05) is 0 Å². The smallest absolute Gasteiger partial charge is 0.248 e. The second-order valence-corrected chi connectivity index (χ2v) is 6.05. The van der Waals surface area contributed by atoms with E-state index >= 15 is 0 Å². The molecule has 0 aliphatic carbocycles.